The number of esters is 2. The van der Waals surface area contributed by atoms with Crippen LogP contribution in [-0.4, -0.2) is 32.7 Å². The van der Waals surface area contributed by atoms with Gasteiger partial charge in [0.25, 0.3) is 0 Å². The third kappa shape index (κ3) is 3.98. The Bertz CT molecular complexity index is 671. The summed E-state index contributed by atoms with van der Waals surface area (Å²) < 4.78 is 15.2. The van der Waals surface area contributed by atoms with Gasteiger partial charge in [-0.1, -0.05) is 6.92 Å². The van der Waals surface area contributed by atoms with Crippen molar-refractivity contribution in [3.8, 4) is 11.3 Å². The van der Waals surface area contributed by atoms with E-state index in [2.05, 4.69) is 5.32 Å². The molecule has 1 aromatic heterocycles. The summed E-state index contributed by atoms with van der Waals surface area (Å²) in [6, 6.07) is 8.32. The minimum atomic E-state index is -0.531. The summed E-state index contributed by atoms with van der Waals surface area (Å²) >= 11 is 0. The second kappa shape index (κ2) is 7.60. The number of furan rings is 1. The maximum absolute atomic E-state index is 11.8. The zero-order chi connectivity index (χ0) is 16.8. The Kier molecular flexibility index (Phi) is 5.54. The standard InChI is InChI=1S/C17H19NO5/c1-4-18-10-14-5-6-15(23-14)11-7-12(16(19)21-2)9-13(8-11)17(20)22-3/h5-9,18H,4,10H2,1-3H3. The van der Waals surface area contributed by atoms with Crippen LogP contribution < -0.4 is 5.32 Å². The second-order valence-electron chi connectivity index (χ2n) is 4.83. The fourth-order valence-electron chi connectivity index (χ4n) is 2.12. The van der Waals surface area contributed by atoms with Crippen LogP contribution in [-0.2, 0) is 16.0 Å². The number of carbonyl (C=O) groups is 2. The van der Waals surface area contributed by atoms with Gasteiger partial charge in [-0.25, -0.2) is 9.59 Å². The summed E-state index contributed by atoms with van der Waals surface area (Å²) in [6.45, 7) is 3.45. The molecule has 1 N–H and O–H groups in total. The minimum Gasteiger partial charge on any atom is -0.465 e. The molecule has 122 valence electrons. The average molecular weight is 317 g/mol. The third-order valence-corrected chi connectivity index (χ3v) is 3.27. The van der Waals surface area contributed by atoms with Crippen LogP contribution in [0.3, 0.4) is 0 Å². The van der Waals surface area contributed by atoms with Crippen LogP contribution in [0.15, 0.2) is 34.7 Å². The quantitative estimate of drug-likeness (QED) is 0.825. The molecule has 23 heavy (non-hydrogen) atoms. The molecule has 0 unspecified atom stereocenters. The van der Waals surface area contributed by atoms with Crippen molar-refractivity contribution in [1.29, 1.82) is 0 Å². The van der Waals surface area contributed by atoms with Gasteiger partial charge in [-0.3, -0.25) is 0 Å². The number of benzene rings is 1. The minimum absolute atomic E-state index is 0.259. The van der Waals surface area contributed by atoms with Crippen molar-refractivity contribution >= 4 is 11.9 Å². The van der Waals surface area contributed by atoms with Crippen molar-refractivity contribution in [3.63, 3.8) is 0 Å². The molecule has 2 rings (SSSR count). The van der Waals surface area contributed by atoms with E-state index >= 15 is 0 Å². The molecule has 0 atom stereocenters. The van der Waals surface area contributed by atoms with Crippen LogP contribution in [0.2, 0.25) is 0 Å². The SMILES string of the molecule is CCNCc1ccc(-c2cc(C(=O)OC)cc(C(=O)OC)c2)o1. The van der Waals surface area contributed by atoms with Crippen molar-refractivity contribution in [2.75, 3.05) is 20.8 Å². The Hall–Kier alpha value is -2.60. The van der Waals surface area contributed by atoms with E-state index in [1.165, 1.54) is 20.3 Å². The number of ether oxygens (including phenoxy) is 2. The molecule has 0 aliphatic rings. The number of hydrogen-bond acceptors (Lipinski definition) is 6. The summed E-state index contributed by atoms with van der Waals surface area (Å²) in [5, 5.41) is 3.16. The van der Waals surface area contributed by atoms with Gasteiger partial charge in [0.1, 0.15) is 11.5 Å². The summed E-state index contributed by atoms with van der Waals surface area (Å²) in [4.78, 5) is 23.6. The maximum Gasteiger partial charge on any atom is 0.337 e. The zero-order valence-corrected chi connectivity index (χ0v) is 13.3. The fourth-order valence-corrected chi connectivity index (χ4v) is 2.12. The van der Waals surface area contributed by atoms with E-state index in [-0.39, 0.29) is 11.1 Å². The molecule has 2 aromatic rings. The van der Waals surface area contributed by atoms with Crippen molar-refractivity contribution in [2.24, 2.45) is 0 Å². The number of nitrogens with one attached hydrogen (secondary N) is 1. The highest BCUT2D eigenvalue weighted by Gasteiger charge is 2.16. The third-order valence-electron chi connectivity index (χ3n) is 3.27. The van der Waals surface area contributed by atoms with Gasteiger partial charge < -0.3 is 19.2 Å². The zero-order valence-electron chi connectivity index (χ0n) is 13.3. The van der Waals surface area contributed by atoms with Crippen LogP contribution in [0, 0.1) is 0 Å². The molecule has 0 saturated carbocycles. The van der Waals surface area contributed by atoms with E-state index < -0.39 is 11.9 Å². The molecule has 0 fully saturated rings. The molecular weight excluding hydrogens is 298 g/mol. The van der Waals surface area contributed by atoms with Crippen LogP contribution >= 0.6 is 0 Å². The Morgan fingerprint density at radius 3 is 2.17 bits per heavy atom. The maximum atomic E-state index is 11.8. The molecular formula is C17H19NO5. The first-order valence-electron chi connectivity index (χ1n) is 7.20. The fraction of sp³-hybridized carbons (Fsp3) is 0.294. The summed E-state index contributed by atoms with van der Waals surface area (Å²) in [6.07, 6.45) is 0. The van der Waals surface area contributed by atoms with E-state index in [9.17, 15) is 9.59 Å². The predicted octanol–water partition coefficient (Wildman–Crippen LogP) is 2.63. The monoisotopic (exact) mass is 317 g/mol. The molecule has 0 amide bonds. The normalized spacial score (nSPS) is 10.4. The Labute approximate surface area is 134 Å². The second-order valence-corrected chi connectivity index (χ2v) is 4.83. The van der Waals surface area contributed by atoms with Crippen LogP contribution in [0.1, 0.15) is 33.4 Å². The van der Waals surface area contributed by atoms with Gasteiger partial charge in [-0.15, -0.1) is 0 Å². The van der Waals surface area contributed by atoms with Gasteiger partial charge in [0.05, 0.1) is 31.9 Å². The number of methoxy groups -OCH3 is 2. The first-order chi connectivity index (χ1) is 11.1. The van der Waals surface area contributed by atoms with Gasteiger partial charge >= 0.3 is 11.9 Å². The van der Waals surface area contributed by atoms with Crippen LogP contribution in [0.4, 0.5) is 0 Å². The van der Waals surface area contributed by atoms with Gasteiger partial charge in [0, 0.05) is 5.56 Å². The molecule has 0 saturated heterocycles. The van der Waals surface area contributed by atoms with E-state index in [1.807, 2.05) is 13.0 Å². The first kappa shape index (κ1) is 16.8. The lowest BCUT2D eigenvalue weighted by Crippen LogP contribution is -2.10. The smallest absolute Gasteiger partial charge is 0.337 e. The van der Waals surface area contributed by atoms with Gasteiger partial charge in [0.15, 0.2) is 0 Å². The lowest BCUT2D eigenvalue weighted by Gasteiger charge is -2.06. The summed E-state index contributed by atoms with van der Waals surface area (Å²) in [5.41, 5.74) is 1.13. The molecule has 0 radical (unpaired) electrons. The van der Waals surface area contributed by atoms with Gasteiger partial charge in [0.2, 0.25) is 0 Å². The van der Waals surface area contributed by atoms with Gasteiger partial charge in [-0.2, -0.15) is 0 Å². The molecule has 1 heterocycles. The topological polar surface area (TPSA) is 77.8 Å². The van der Waals surface area contributed by atoms with Crippen molar-refractivity contribution in [2.45, 2.75) is 13.5 Å². The van der Waals surface area contributed by atoms with E-state index in [1.54, 1.807) is 18.2 Å². The molecule has 0 aliphatic heterocycles. The Balaban J connectivity index is 2.42. The van der Waals surface area contributed by atoms with E-state index in [0.29, 0.717) is 17.9 Å². The highest BCUT2D eigenvalue weighted by atomic mass is 16.5. The largest absolute Gasteiger partial charge is 0.465 e. The average Bonchev–Trinajstić information content (AvgIpc) is 3.07. The van der Waals surface area contributed by atoms with Gasteiger partial charge in [-0.05, 0) is 36.9 Å². The number of rotatable bonds is 6. The van der Waals surface area contributed by atoms with Crippen molar-refractivity contribution in [1.82, 2.24) is 5.32 Å². The highest BCUT2D eigenvalue weighted by molar-refractivity contribution is 5.97. The first-order valence-corrected chi connectivity index (χ1v) is 7.20. The van der Waals surface area contributed by atoms with Crippen LogP contribution in [0.5, 0.6) is 0 Å². The van der Waals surface area contributed by atoms with E-state index in [4.69, 9.17) is 13.9 Å². The lowest BCUT2D eigenvalue weighted by molar-refractivity contribution is 0.0599. The van der Waals surface area contributed by atoms with Crippen molar-refractivity contribution < 1.29 is 23.5 Å². The summed E-state index contributed by atoms with van der Waals surface area (Å²) in [7, 11) is 2.57. The summed E-state index contributed by atoms with van der Waals surface area (Å²) in [5.74, 6) is 0.270. The molecule has 6 nitrogen and oxygen atoms in total. The molecule has 0 spiro atoms. The molecule has 1 aromatic carbocycles. The molecule has 0 bridgehead atoms. The Morgan fingerprint density at radius 1 is 1.04 bits per heavy atom. The lowest BCUT2D eigenvalue weighted by atomic mass is 10.0. The number of carbonyl (C=O) groups excluding carboxylic acids is 2. The van der Waals surface area contributed by atoms with Crippen LogP contribution in [0.25, 0.3) is 11.3 Å². The Morgan fingerprint density at radius 2 is 1.65 bits per heavy atom. The molecule has 6 heteroatoms. The molecule has 0 aliphatic carbocycles. The number of hydrogen-bond donors (Lipinski definition) is 1. The highest BCUT2D eigenvalue weighted by Crippen LogP contribution is 2.25. The van der Waals surface area contributed by atoms with E-state index in [0.717, 1.165) is 12.3 Å². The van der Waals surface area contributed by atoms with Crippen molar-refractivity contribution in [3.05, 3.63) is 47.2 Å². The predicted molar refractivity (Wildman–Crippen MR) is 84.2 cm³/mol.